The highest BCUT2D eigenvalue weighted by atomic mass is 35.5. The van der Waals surface area contributed by atoms with E-state index in [1.54, 1.807) is 0 Å². The highest BCUT2D eigenvalue weighted by Gasteiger charge is 2.11. The van der Waals surface area contributed by atoms with Gasteiger partial charge in [0.1, 0.15) is 11.3 Å². The van der Waals surface area contributed by atoms with Crippen LogP contribution in [0.2, 0.25) is 5.02 Å². The molecule has 2 aromatic rings. The van der Waals surface area contributed by atoms with Crippen LogP contribution in [0.4, 0.5) is 0 Å². The Kier molecular flexibility index (Phi) is 3.45. The van der Waals surface area contributed by atoms with Gasteiger partial charge in [0.25, 0.3) is 0 Å². The van der Waals surface area contributed by atoms with E-state index in [0.717, 1.165) is 39.4 Å². The summed E-state index contributed by atoms with van der Waals surface area (Å²) in [6.07, 6.45) is 0. The smallest absolute Gasteiger partial charge is 0.134 e. The molecule has 1 N–H and O–H groups in total. The van der Waals surface area contributed by atoms with E-state index in [4.69, 9.17) is 16.0 Å². The number of rotatable bonds is 3. The Bertz CT molecular complexity index is 543. The molecule has 0 spiro atoms. The average Bonchev–Trinajstić information content (AvgIpc) is 2.66. The second-order valence-corrected chi connectivity index (χ2v) is 5.17. The lowest BCUT2D eigenvalue weighted by Crippen LogP contribution is -2.21. The zero-order chi connectivity index (χ0) is 12.6. The van der Waals surface area contributed by atoms with Gasteiger partial charge >= 0.3 is 0 Å². The third-order valence-electron chi connectivity index (χ3n) is 2.92. The minimum atomic E-state index is 0.453. The van der Waals surface area contributed by atoms with E-state index >= 15 is 0 Å². The van der Waals surface area contributed by atoms with Gasteiger partial charge in [-0.3, -0.25) is 0 Å². The topological polar surface area (TPSA) is 25.2 Å². The predicted molar refractivity (Wildman–Crippen MR) is 72.7 cm³/mol. The summed E-state index contributed by atoms with van der Waals surface area (Å²) in [5, 5.41) is 5.29. The lowest BCUT2D eigenvalue weighted by atomic mass is 10.1. The molecule has 1 aromatic heterocycles. The molecule has 0 fully saturated rings. The molecule has 0 bridgehead atoms. The number of fused-ring (bicyclic) bond motifs is 1. The third kappa shape index (κ3) is 2.48. The number of aryl methyl sites for hydroxylation is 2. The molecule has 0 unspecified atom stereocenters. The molecule has 92 valence electrons. The number of hydrogen-bond donors (Lipinski definition) is 1. The first-order chi connectivity index (χ1) is 7.99. The van der Waals surface area contributed by atoms with Crippen molar-refractivity contribution >= 4 is 22.6 Å². The summed E-state index contributed by atoms with van der Waals surface area (Å²) in [6.45, 7) is 9.03. The molecule has 17 heavy (non-hydrogen) atoms. The van der Waals surface area contributed by atoms with Gasteiger partial charge in [0.2, 0.25) is 0 Å². The Morgan fingerprint density at radius 2 is 2.00 bits per heavy atom. The molecular formula is C14H18ClNO. The second kappa shape index (κ2) is 4.71. The average molecular weight is 252 g/mol. The normalized spacial score (nSPS) is 11.6. The molecule has 1 aromatic carbocycles. The van der Waals surface area contributed by atoms with Crippen LogP contribution in [-0.2, 0) is 6.54 Å². The Hall–Kier alpha value is -0.990. The summed E-state index contributed by atoms with van der Waals surface area (Å²) >= 11 is 6.24. The molecule has 0 saturated heterocycles. The molecule has 0 amide bonds. The zero-order valence-corrected chi connectivity index (χ0v) is 11.5. The Morgan fingerprint density at radius 1 is 1.29 bits per heavy atom. The summed E-state index contributed by atoms with van der Waals surface area (Å²) in [7, 11) is 0. The van der Waals surface area contributed by atoms with Crippen LogP contribution in [0.15, 0.2) is 16.5 Å². The van der Waals surface area contributed by atoms with E-state index in [9.17, 15) is 0 Å². The third-order valence-corrected chi connectivity index (χ3v) is 3.50. The number of furan rings is 1. The lowest BCUT2D eigenvalue weighted by molar-refractivity contribution is 0.488. The first-order valence-electron chi connectivity index (χ1n) is 5.90. The van der Waals surface area contributed by atoms with Crippen molar-refractivity contribution in [2.75, 3.05) is 0 Å². The van der Waals surface area contributed by atoms with Gasteiger partial charge in [0, 0.05) is 16.5 Å². The maximum Gasteiger partial charge on any atom is 0.134 e. The van der Waals surface area contributed by atoms with Crippen LogP contribution in [0, 0.1) is 13.8 Å². The monoisotopic (exact) mass is 251 g/mol. The van der Waals surface area contributed by atoms with Crippen molar-refractivity contribution in [3.05, 3.63) is 34.0 Å². The molecule has 0 aliphatic carbocycles. The standard InChI is InChI=1S/C14H18ClNO/c1-8(2)16-7-11-6-12-10(4)14(15)9(3)5-13(12)17-11/h5-6,8,16H,7H2,1-4H3. The maximum atomic E-state index is 6.24. The maximum absolute atomic E-state index is 6.24. The van der Waals surface area contributed by atoms with Crippen LogP contribution in [0.3, 0.4) is 0 Å². The number of halogens is 1. The minimum absolute atomic E-state index is 0.453. The van der Waals surface area contributed by atoms with Gasteiger partial charge < -0.3 is 9.73 Å². The molecule has 0 atom stereocenters. The number of nitrogens with one attached hydrogen (secondary N) is 1. The molecule has 2 nitrogen and oxygen atoms in total. The SMILES string of the molecule is Cc1cc2oc(CNC(C)C)cc2c(C)c1Cl. The highest BCUT2D eigenvalue weighted by Crippen LogP contribution is 2.31. The van der Waals surface area contributed by atoms with Crippen molar-refractivity contribution in [3.63, 3.8) is 0 Å². The fourth-order valence-electron chi connectivity index (χ4n) is 1.92. The molecular weight excluding hydrogens is 234 g/mol. The van der Waals surface area contributed by atoms with Gasteiger partial charge in [-0.1, -0.05) is 25.4 Å². The Morgan fingerprint density at radius 3 is 2.65 bits per heavy atom. The van der Waals surface area contributed by atoms with E-state index in [2.05, 4.69) is 25.2 Å². The van der Waals surface area contributed by atoms with E-state index in [1.165, 1.54) is 0 Å². The van der Waals surface area contributed by atoms with Crippen LogP contribution >= 0.6 is 11.6 Å². The Balaban J connectivity index is 2.40. The van der Waals surface area contributed by atoms with Gasteiger partial charge in [-0.15, -0.1) is 0 Å². The van der Waals surface area contributed by atoms with Gasteiger partial charge in [-0.05, 0) is 37.1 Å². The molecule has 1 heterocycles. The summed E-state index contributed by atoms with van der Waals surface area (Å²) < 4.78 is 5.81. The molecule has 0 saturated carbocycles. The van der Waals surface area contributed by atoms with Crippen molar-refractivity contribution in [1.82, 2.24) is 5.32 Å². The zero-order valence-electron chi connectivity index (χ0n) is 10.7. The fourth-order valence-corrected chi connectivity index (χ4v) is 2.08. The summed E-state index contributed by atoms with van der Waals surface area (Å²) in [5.41, 5.74) is 3.08. The molecule has 0 radical (unpaired) electrons. The van der Waals surface area contributed by atoms with Gasteiger partial charge in [-0.2, -0.15) is 0 Å². The van der Waals surface area contributed by atoms with E-state index in [0.29, 0.717) is 6.04 Å². The van der Waals surface area contributed by atoms with Crippen LogP contribution < -0.4 is 5.32 Å². The summed E-state index contributed by atoms with van der Waals surface area (Å²) in [4.78, 5) is 0. The van der Waals surface area contributed by atoms with Crippen LogP contribution in [-0.4, -0.2) is 6.04 Å². The summed E-state index contributed by atoms with van der Waals surface area (Å²) in [5.74, 6) is 0.957. The van der Waals surface area contributed by atoms with Crippen molar-refractivity contribution in [2.24, 2.45) is 0 Å². The molecule has 3 heteroatoms. The van der Waals surface area contributed by atoms with Crippen LogP contribution in [0.5, 0.6) is 0 Å². The minimum Gasteiger partial charge on any atom is -0.460 e. The van der Waals surface area contributed by atoms with E-state index < -0.39 is 0 Å². The summed E-state index contributed by atoms with van der Waals surface area (Å²) in [6, 6.07) is 4.53. The molecule has 2 rings (SSSR count). The lowest BCUT2D eigenvalue weighted by Gasteiger charge is -2.04. The quantitative estimate of drug-likeness (QED) is 0.884. The first-order valence-corrected chi connectivity index (χ1v) is 6.28. The largest absolute Gasteiger partial charge is 0.460 e. The van der Waals surface area contributed by atoms with Crippen LogP contribution in [0.25, 0.3) is 11.0 Å². The second-order valence-electron chi connectivity index (χ2n) is 4.79. The van der Waals surface area contributed by atoms with Crippen molar-refractivity contribution in [3.8, 4) is 0 Å². The van der Waals surface area contributed by atoms with Crippen molar-refractivity contribution in [1.29, 1.82) is 0 Å². The van der Waals surface area contributed by atoms with Crippen molar-refractivity contribution in [2.45, 2.75) is 40.3 Å². The first kappa shape index (κ1) is 12.5. The van der Waals surface area contributed by atoms with E-state index in [-0.39, 0.29) is 0 Å². The fraction of sp³-hybridized carbons (Fsp3) is 0.429. The molecule has 0 aliphatic rings. The predicted octanol–water partition coefficient (Wildman–Crippen LogP) is 4.20. The molecule has 0 aliphatic heterocycles. The van der Waals surface area contributed by atoms with Crippen molar-refractivity contribution < 1.29 is 4.42 Å². The highest BCUT2D eigenvalue weighted by molar-refractivity contribution is 6.33. The van der Waals surface area contributed by atoms with Gasteiger partial charge in [0.15, 0.2) is 0 Å². The number of hydrogen-bond acceptors (Lipinski definition) is 2. The van der Waals surface area contributed by atoms with E-state index in [1.807, 2.05) is 19.9 Å². The van der Waals surface area contributed by atoms with Gasteiger partial charge in [-0.25, -0.2) is 0 Å². The van der Waals surface area contributed by atoms with Gasteiger partial charge in [0.05, 0.1) is 6.54 Å². The Labute approximate surface area is 107 Å². The van der Waals surface area contributed by atoms with Crippen LogP contribution in [0.1, 0.15) is 30.7 Å². The number of benzene rings is 1.